The quantitative estimate of drug-likeness (QED) is 0.820. The van der Waals surface area contributed by atoms with Gasteiger partial charge < -0.3 is 15.0 Å². The van der Waals surface area contributed by atoms with Crippen LogP contribution in [-0.2, 0) is 9.53 Å². The first-order valence-electron chi connectivity index (χ1n) is 8.20. The molecular weight excluding hydrogens is 346 g/mol. The number of nitrogens with one attached hydrogen (secondary N) is 1. The summed E-state index contributed by atoms with van der Waals surface area (Å²) in [5.41, 5.74) is -0.512. The molecule has 0 atom stereocenters. The highest BCUT2D eigenvalue weighted by molar-refractivity contribution is 6.29. The first kappa shape index (κ1) is 19.4. The summed E-state index contributed by atoms with van der Waals surface area (Å²) in [6.45, 7) is 8.25. The Bertz CT molecular complexity index is 620. The Kier molecular flexibility index (Phi) is 6.55. The SMILES string of the molecule is CC(C)(C)OC(=O)N1CCCN(CC(=O)Nc2cc(Cl)ncn2)CC1. The number of anilines is 1. The maximum atomic E-state index is 12.1. The standard InChI is InChI=1S/C16H24ClN5O3/c1-16(2,3)25-15(24)22-6-4-5-21(7-8-22)10-14(23)20-13-9-12(17)18-11-19-13/h9,11H,4-8,10H2,1-3H3,(H,18,19,20,23). The lowest BCUT2D eigenvalue weighted by Gasteiger charge is -2.26. The molecular formula is C16H24ClN5O3. The van der Waals surface area contributed by atoms with Gasteiger partial charge in [-0.15, -0.1) is 0 Å². The second kappa shape index (κ2) is 8.44. The molecule has 0 bridgehead atoms. The van der Waals surface area contributed by atoms with E-state index in [-0.39, 0.29) is 23.7 Å². The fraction of sp³-hybridized carbons (Fsp3) is 0.625. The van der Waals surface area contributed by atoms with Crippen LogP contribution < -0.4 is 5.32 Å². The van der Waals surface area contributed by atoms with Gasteiger partial charge in [0.2, 0.25) is 5.91 Å². The second-order valence-corrected chi connectivity index (χ2v) is 7.26. The van der Waals surface area contributed by atoms with Crippen LogP contribution in [0, 0.1) is 0 Å². The molecule has 0 saturated carbocycles. The van der Waals surface area contributed by atoms with Crippen LogP contribution in [-0.4, -0.2) is 70.1 Å². The Morgan fingerprint density at radius 2 is 2.00 bits per heavy atom. The zero-order chi connectivity index (χ0) is 18.4. The molecule has 1 saturated heterocycles. The molecule has 8 nitrogen and oxygen atoms in total. The number of hydrogen-bond donors (Lipinski definition) is 1. The molecule has 1 aromatic rings. The summed E-state index contributed by atoms with van der Waals surface area (Å²) in [5, 5.41) is 2.97. The van der Waals surface area contributed by atoms with Gasteiger partial charge in [0.25, 0.3) is 0 Å². The van der Waals surface area contributed by atoms with Crippen molar-refractivity contribution in [3.63, 3.8) is 0 Å². The molecule has 1 aliphatic rings. The lowest BCUT2D eigenvalue weighted by Crippen LogP contribution is -2.40. The van der Waals surface area contributed by atoms with E-state index in [0.717, 1.165) is 13.0 Å². The van der Waals surface area contributed by atoms with Crippen LogP contribution in [0.5, 0.6) is 0 Å². The van der Waals surface area contributed by atoms with Crippen LogP contribution in [0.3, 0.4) is 0 Å². The minimum atomic E-state index is -0.512. The van der Waals surface area contributed by atoms with Gasteiger partial charge in [-0.1, -0.05) is 11.6 Å². The topological polar surface area (TPSA) is 87.7 Å². The van der Waals surface area contributed by atoms with Crippen molar-refractivity contribution in [2.45, 2.75) is 32.8 Å². The summed E-state index contributed by atoms with van der Waals surface area (Å²) < 4.78 is 5.40. The predicted molar refractivity (Wildman–Crippen MR) is 94.5 cm³/mol. The van der Waals surface area contributed by atoms with E-state index >= 15 is 0 Å². The van der Waals surface area contributed by atoms with E-state index in [1.165, 1.54) is 12.4 Å². The molecule has 1 fully saturated rings. The number of rotatable bonds is 3. The number of carbonyl (C=O) groups is 2. The summed E-state index contributed by atoms with van der Waals surface area (Å²) in [7, 11) is 0. The van der Waals surface area contributed by atoms with Crippen LogP contribution in [0.25, 0.3) is 0 Å². The fourth-order valence-electron chi connectivity index (χ4n) is 2.43. The lowest BCUT2D eigenvalue weighted by molar-refractivity contribution is -0.117. The Morgan fingerprint density at radius 1 is 1.24 bits per heavy atom. The molecule has 1 N–H and O–H groups in total. The van der Waals surface area contributed by atoms with Gasteiger partial charge in [0.15, 0.2) is 0 Å². The van der Waals surface area contributed by atoms with Gasteiger partial charge >= 0.3 is 6.09 Å². The van der Waals surface area contributed by atoms with E-state index in [1.807, 2.05) is 25.7 Å². The number of hydrogen-bond acceptors (Lipinski definition) is 6. The van der Waals surface area contributed by atoms with Crippen molar-refractivity contribution in [1.29, 1.82) is 0 Å². The molecule has 0 radical (unpaired) electrons. The average molecular weight is 370 g/mol. The molecule has 9 heteroatoms. The number of ether oxygens (including phenoxy) is 1. The Balaban J connectivity index is 1.82. The van der Waals surface area contributed by atoms with Crippen LogP contribution in [0.4, 0.5) is 10.6 Å². The minimum Gasteiger partial charge on any atom is -0.444 e. The molecule has 0 spiro atoms. The number of carbonyl (C=O) groups excluding carboxylic acids is 2. The third kappa shape index (κ3) is 6.83. The first-order valence-corrected chi connectivity index (χ1v) is 8.58. The molecule has 25 heavy (non-hydrogen) atoms. The van der Waals surface area contributed by atoms with Crippen molar-refractivity contribution in [3.05, 3.63) is 17.5 Å². The van der Waals surface area contributed by atoms with Crippen molar-refractivity contribution in [1.82, 2.24) is 19.8 Å². The van der Waals surface area contributed by atoms with E-state index in [1.54, 1.807) is 4.90 Å². The van der Waals surface area contributed by atoms with Crippen LogP contribution in [0.15, 0.2) is 12.4 Å². The van der Waals surface area contributed by atoms with Crippen molar-refractivity contribution < 1.29 is 14.3 Å². The van der Waals surface area contributed by atoms with Crippen LogP contribution in [0.1, 0.15) is 27.2 Å². The summed E-state index contributed by atoms with van der Waals surface area (Å²) >= 11 is 5.77. The van der Waals surface area contributed by atoms with Gasteiger partial charge in [0, 0.05) is 32.2 Å². The molecule has 2 rings (SSSR count). The predicted octanol–water partition coefficient (Wildman–Crippen LogP) is 2.01. The van der Waals surface area contributed by atoms with Gasteiger partial charge in [-0.2, -0.15) is 0 Å². The Morgan fingerprint density at radius 3 is 2.68 bits per heavy atom. The monoisotopic (exact) mass is 369 g/mol. The summed E-state index contributed by atoms with van der Waals surface area (Å²) in [6, 6.07) is 1.49. The third-order valence-electron chi connectivity index (χ3n) is 3.51. The van der Waals surface area contributed by atoms with E-state index in [4.69, 9.17) is 16.3 Å². The number of halogens is 1. The first-order chi connectivity index (χ1) is 11.7. The van der Waals surface area contributed by atoms with Crippen molar-refractivity contribution in [2.24, 2.45) is 0 Å². The normalized spacial score (nSPS) is 16.2. The van der Waals surface area contributed by atoms with Crippen LogP contribution >= 0.6 is 11.6 Å². The van der Waals surface area contributed by atoms with Crippen molar-refractivity contribution >= 4 is 29.4 Å². The van der Waals surface area contributed by atoms with Gasteiger partial charge in [-0.3, -0.25) is 9.69 Å². The third-order valence-corrected chi connectivity index (χ3v) is 3.72. The maximum absolute atomic E-state index is 12.1. The summed E-state index contributed by atoms with van der Waals surface area (Å²) in [4.78, 5) is 35.7. The average Bonchev–Trinajstić information content (AvgIpc) is 2.71. The molecule has 1 aliphatic heterocycles. The fourth-order valence-corrected chi connectivity index (χ4v) is 2.57. The molecule has 0 unspecified atom stereocenters. The summed E-state index contributed by atoms with van der Waals surface area (Å²) in [6.07, 6.45) is 1.77. The Labute approximate surface area is 152 Å². The molecule has 1 aromatic heterocycles. The zero-order valence-corrected chi connectivity index (χ0v) is 15.5. The lowest BCUT2D eigenvalue weighted by atomic mass is 10.2. The smallest absolute Gasteiger partial charge is 0.410 e. The van der Waals surface area contributed by atoms with Gasteiger partial charge in [0.1, 0.15) is 22.9 Å². The van der Waals surface area contributed by atoms with E-state index in [9.17, 15) is 9.59 Å². The molecule has 2 amide bonds. The van der Waals surface area contributed by atoms with E-state index < -0.39 is 5.60 Å². The minimum absolute atomic E-state index is 0.180. The summed E-state index contributed by atoms with van der Waals surface area (Å²) in [5.74, 6) is 0.190. The second-order valence-electron chi connectivity index (χ2n) is 6.87. The van der Waals surface area contributed by atoms with Gasteiger partial charge in [-0.25, -0.2) is 14.8 Å². The van der Waals surface area contributed by atoms with Gasteiger partial charge in [0.05, 0.1) is 6.54 Å². The van der Waals surface area contributed by atoms with Crippen LogP contribution in [0.2, 0.25) is 5.15 Å². The largest absolute Gasteiger partial charge is 0.444 e. The highest BCUT2D eigenvalue weighted by Gasteiger charge is 2.25. The highest BCUT2D eigenvalue weighted by Crippen LogP contribution is 2.12. The van der Waals surface area contributed by atoms with E-state index in [0.29, 0.717) is 25.5 Å². The molecule has 0 aromatic carbocycles. The number of nitrogens with zero attached hydrogens (tertiary/aromatic N) is 4. The van der Waals surface area contributed by atoms with E-state index in [2.05, 4.69) is 15.3 Å². The maximum Gasteiger partial charge on any atom is 0.410 e. The Hall–Kier alpha value is -1.93. The highest BCUT2D eigenvalue weighted by atomic mass is 35.5. The number of aromatic nitrogens is 2. The molecule has 2 heterocycles. The number of amides is 2. The zero-order valence-electron chi connectivity index (χ0n) is 14.8. The van der Waals surface area contributed by atoms with Crippen molar-refractivity contribution in [2.75, 3.05) is 38.0 Å². The van der Waals surface area contributed by atoms with Crippen molar-refractivity contribution in [3.8, 4) is 0 Å². The molecule has 0 aliphatic carbocycles. The van der Waals surface area contributed by atoms with Gasteiger partial charge in [-0.05, 0) is 27.2 Å². The molecule has 138 valence electrons.